The number of amides is 1. The van der Waals surface area contributed by atoms with Crippen LogP contribution in [0.1, 0.15) is 126 Å². The molecule has 0 spiro atoms. The van der Waals surface area contributed by atoms with E-state index in [0.29, 0.717) is 12.0 Å². The Morgan fingerprint density at radius 3 is 1.91 bits per heavy atom. The van der Waals surface area contributed by atoms with Gasteiger partial charge in [-0.15, -0.1) is 0 Å². The molecule has 304 valence electrons. The molecule has 1 aromatic carbocycles. The Morgan fingerprint density at radius 2 is 1.37 bits per heavy atom. The van der Waals surface area contributed by atoms with Gasteiger partial charge >= 0.3 is 41.5 Å². The molecule has 17 heteroatoms. The van der Waals surface area contributed by atoms with Gasteiger partial charge in [-0.3, -0.25) is 14.4 Å². The van der Waals surface area contributed by atoms with Crippen LogP contribution >= 0.6 is 22.6 Å². The van der Waals surface area contributed by atoms with Gasteiger partial charge in [0.15, 0.2) is 12.4 Å². The molecule has 0 saturated carbocycles. The first kappa shape index (κ1) is 51.1. The molecule has 6 atom stereocenters. The van der Waals surface area contributed by atoms with Crippen molar-refractivity contribution in [3.05, 3.63) is 33.4 Å². The summed E-state index contributed by atoms with van der Waals surface area (Å²) >= 11 is 2.09. The van der Waals surface area contributed by atoms with Crippen molar-refractivity contribution in [1.82, 2.24) is 5.32 Å². The number of aliphatic hydroxyl groups excluding tert-OH is 3. The molecule has 0 bridgehead atoms. The summed E-state index contributed by atoms with van der Waals surface area (Å²) in [7, 11) is -4.97. The minimum absolute atomic E-state index is 0. The molecule has 1 amide bonds. The van der Waals surface area contributed by atoms with Crippen LogP contribution in [0.25, 0.3) is 0 Å². The van der Waals surface area contributed by atoms with Crippen LogP contribution in [0.15, 0.2) is 24.3 Å². The number of halogens is 1. The summed E-state index contributed by atoms with van der Waals surface area (Å²) in [6.45, 7) is 1.12. The summed E-state index contributed by atoms with van der Waals surface area (Å²) in [6, 6.07) is 6.68. The molecule has 1 fully saturated rings. The van der Waals surface area contributed by atoms with Crippen LogP contribution < -0.4 is 34.9 Å². The first-order valence-corrected chi connectivity index (χ1v) is 21.6. The van der Waals surface area contributed by atoms with Crippen molar-refractivity contribution in [2.75, 3.05) is 25.5 Å². The molecule has 1 heterocycles. The molecule has 4 N–H and O–H groups in total. The molecule has 0 aromatic heterocycles. The van der Waals surface area contributed by atoms with E-state index in [0.717, 1.165) is 22.8 Å². The van der Waals surface area contributed by atoms with Gasteiger partial charge in [-0.05, 0) is 53.3 Å². The molecule has 0 radical (unpaired) electrons. The Kier molecular flexibility index (Phi) is 27.7. The predicted octanol–water partition coefficient (Wildman–Crippen LogP) is 1.50. The van der Waals surface area contributed by atoms with E-state index in [1.54, 1.807) is 24.3 Å². The van der Waals surface area contributed by atoms with Gasteiger partial charge < -0.3 is 44.1 Å². The van der Waals surface area contributed by atoms with Crippen LogP contribution in [0.3, 0.4) is 0 Å². The van der Waals surface area contributed by atoms with Crippen LogP contribution in [-0.4, -0.2) is 108 Å². The van der Waals surface area contributed by atoms with E-state index >= 15 is 0 Å². The van der Waals surface area contributed by atoms with Crippen molar-refractivity contribution in [3.63, 3.8) is 0 Å². The number of nitrogens with one attached hydrogen (secondary N) is 1. The number of benzene rings is 1. The van der Waals surface area contributed by atoms with Crippen molar-refractivity contribution in [2.24, 2.45) is 0 Å². The van der Waals surface area contributed by atoms with Crippen LogP contribution in [0.2, 0.25) is 0 Å². The summed E-state index contributed by atoms with van der Waals surface area (Å²) in [4.78, 5) is 36.9. The Morgan fingerprint density at radius 1 is 0.833 bits per heavy atom. The maximum absolute atomic E-state index is 12.5. The Balaban J connectivity index is 0.0000146. The monoisotopic (exact) mass is 907 g/mol. The van der Waals surface area contributed by atoms with Crippen LogP contribution in [0.5, 0.6) is 0 Å². The topological polar surface area (TPSA) is 218 Å². The minimum atomic E-state index is -4.97. The number of ether oxygens (including phenoxy) is 4. The normalized spacial score (nSPS) is 20.4. The van der Waals surface area contributed by atoms with Gasteiger partial charge in [0.1, 0.15) is 31.0 Å². The van der Waals surface area contributed by atoms with Crippen LogP contribution in [-0.2, 0) is 38.7 Å². The summed E-state index contributed by atoms with van der Waals surface area (Å²) in [5.41, 5.74) is 0.364. The van der Waals surface area contributed by atoms with Crippen molar-refractivity contribution >= 4 is 50.6 Å². The zero-order valence-electron chi connectivity index (χ0n) is 31.8. The number of hydrogen-bond acceptors (Lipinski definition) is 13. The fourth-order valence-electron chi connectivity index (χ4n) is 5.87. The number of aliphatic hydroxyl groups is 3. The van der Waals surface area contributed by atoms with E-state index in [1.165, 1.54) is 70.6 Å². The summed E-state index contributed by atoms with van der Waals surface area (Å²) in [5, 5.41) is 34.1. The van der Waals surface area contributed by atoms with E-state index in [1.807, 2.05) is 0 Å². The first-order valence-electron chi connectivity index (χ1n) is 18.9. The molecule has 54 heavy (non-hydrogen) atoms. The minimum Gasteiger partial charge on any atom is -0.748 e. The predicted molar refractivity (Wildman–Crippen MR) is 204 cm³/mol. The van der Waals surface area contributed by atoms with Gasteiger partial charge in [0.2, 0.25) is 0 Å². The molecule has 1 aliphatic heterocycles. The largest absolute Gasteiger partial charge is 1.00 e. The van der Waals surface area contributed by atoms with E-state index < -0.39 is 83.7 Å². The van der Waals surface area contributed by atoms with E-state index in [4.69, 9.17) is 18.9 Å². The van der Waals surface area contributed by atoms with E-state index in [9.17, 15) is 42.7 Å². The van der Waals surface area contributed by atoms with Gasteiger partial charge in [-0.1, -0.05) is 96.8 Å². The average molecular weight is 908 g/mol. The molecule has 0 aliphatic carbocycles. The average Bonchev–Trinajstić information content (AvgIpc) is 3.11. The Bertz CT molecular complexity index is 1310. The third-order valence-corrected chi connectivity index (χ3v) is 10.3. The Labute approximate surface area is 356 Å². The van der Waals surface area contributed by atoms with Crippen LogP contribution in [0, 0.1) is 3.57 Å². The number of carbonyl (C=O) groups excluding carboxylic acids is 3. The maximum Gasteiger partial charge on any atom is 1.00 e. The number of rotatable bonds is 28. The van der Waals surface area contributed by atoms with Gasteiger partial charge in [0.25, 0.3) is 5.91 Å². The Hall–Kier alpha value is -0.930. The molecule has 14 nitrogen and oxygen atoms in total. The molecular weight excluding hydrogens is 848 g/mol. The van der Waals surface area contributed by atoms with E-state index in [2.05, 4.69) is 34.8 Å². The number of carbonyl (C=O) groups is 3. The maximum atomic E-state index is 12.5. The fourth-order valence-corrected chi connectivity index (χ4v) is 6.90. The standard InChI is InChI=1S/C37H60INO13S.Na/c1-2-3-4-5-6-7-8-9-10-11-12-13-14-15-16-17-31(41)49-24-29(40)25-50-37-34(44)33(43)35(30(51-37)26-53(46,47)48)52-32(42)22-23-39-36(45)27-18-20-28(38)21-19-27;/h18-21,29-30,33-35,37,40,43-44H,2-17,22-26H2,1H3,(H,39,45)(H,46,47,48);/q;+1/p-1/t29?,30-,33-,34-,35-,37+;/m1./s1. The molecule has 1 saturated heterocycles. The molecule has 1 aliphatic rings. The molecule has 2 rings (SSSR count). The fraction of sp³-hybridized carbons (Fsp3) is 0.757. The van der Waals surface area contributed by atoms with Gasteiger partial charge in [0.05, 0.1) is 28.9 Å². The van der Waals surface area contributed by atoms with Gasteiger partial charge in [-0.25, -0.2) is 8.42 Å². The third kappa shape index (κ3) is 22.7. The number of esters is 2. The first-order chi connectivity index (χ1) is 25.3. The van der Waals surface area contributed by atoms with Gasteiger partial charge in [0, 0.05) is 22.1 Å². The number of hydrogen-bond donors (Lipinski definition) is 4. The zero-order valence-corrected chi connectivity index (χ0v) is 36.8. The molecule has 1 aromatic rings. The van der Waals surface area contributed by atoms with Crippen molar-refractivity contribution in [1.29, 1.82) is 0 Å². The van der Waals surface area contributed by atoms with Crippen molar-refractivity contribution < 1.29 is 91.2 Å². The summed E-state index contributed by atoms with van der Waals surface area (Å²) < 4.78 is 56.7. The summed E-state index contributed by atoms with van der Waals surface area (Å²) in [5.74, 6) is -3.12. The van der Waals surface area contributed by atoms with Crippen molar-refractivity contribution in [2.45, 2.75) is 153 Å². The third-order valence-electron chi connectivity index (χ3n) is 8.87. The quantitative estimate of drug-likeness (QED) is 0.0309. The number of unbranched alkanes of at least 4 members (excludes halogenated alkanes) is 14. The van der Waals surface area contributed by atoms with Crippen molar-refractivity contribution in [3.8, 4) is 0 Å². The SMILES string of the molecule is CCCCCCCCCCCCCCCCCC(=O)OCC(O)CO[C@H]1O[C@H](CS(=O)(=O)[O-])[C@@H](OC(=O)CCNC(=O)c2ccc(I)cc2)[C@H](O)[C@H]1O.[Na+]. The van der Waals surface area contributed by atoms with Gasteiger partial charge in [-0.2, -0.15) is 0 Å². The van der Waals surface area contributed by atoms with E-state index in [-0.39, 0.29) is 48.9 Å². The smallest absolute Gasteiger partial charge is 0.748 e. The summed E-state index contributed by atoms with van der Waals surface area (Å²) in [6.07, 6.45) is 7.57. The van der Waals surface area contributed by atoms with Crippen LogP contribution in [0.4, 0.5) is 0 Å². The molecular formula is C37H59INNaO13S. The second-order valence-corrected chi connectivity index (χ2v) is 16.3. The second kappa shape index (κ2) is 29.3. The molecule has 1 unspecified atom stereocenters. The second-order valence-electron chi connectivity index (χ2n) is 13.6. The zero-order chi connectivity index (χ0) is 39.1.